The van der Waals surface area contributed by atoms with Crippen LogP contribution in [0.4, 0.5) is 11.4 Å². The van der Waals surface area contributed by atoms with Crippen molar-refractivity contribution in [1.29, 1.82) is 0 Å². The van der Waals surface area contributed by atoms with Gasteiger partial charge in [-0.25, -0.2) is 4.68 Å². The Kier molecular flexibility index (Phi) is 4.47. The summed E-state index contributed by atoms with van der Waals surface area (Å²) in [6.45, 7) is 0.829. The molecule has 0 bridgehead atoms. The first-order chi connectivity index (χ1) is 11.1. The Bertz CT molecular complexity index is 803. The van der Waals surface area contributed by atoms with Crippen molar-refractivity contribution in [3.8, 4) is 0 Å². The second-order valence-electron chi connectivity index (χ2n) is 5.43. The number of carbonyl (C=O) groups is 1. The van der Waals surface area contributed by atoms with Gasteiger partial charge in [-0.2, -0.15) is 5.10 Å². The van der Waals surface area contributed by atoms with Crippen LogP contribution in [0, 0.1) is 0 Å². The van der Waals surface area contributed by atoms with Crippen LogP contribution in [0.25, 0.3) is 0 Å². The smallest absolute Gasteiger partial charge is 0.282 e. The number of fused-ring (bicyclic) bond motifs is 1. The number of rotatable bonds is 3. The van der Waals surface area contributed by atoms with Gasteiger partial charge in [-0.15, -0.1) is 0 Å². The van der Waals surface area contributed by atoms with Crippen LogP contribution >= 0.6 is 15.9 Å². The summed E-state index contributed by atoms with van der Waals surface area (Å²) in [5, 5.41) is 6.95. The third kappa shape index (κ3) is 3.14. The van der Waals surface area contributed by atoms with E-state index in [1.54, 1.807) is 11.9 Å². The number of hydrogen-bond donors (Lipinski definition) is 1. The zero-order valence-electron chi connectivity index (χ0n) is 12.8. The molecule has 120 valence electrons. The Morgan fingerprint density at radius 2 is 2.17 bits per heavy atom. The molecule has 0 atom stereocenters. The number of halogens is 1. The SMILES string of the molecule is Cn1ncc(NCC(=O)N2CCCc3ccccc32)c(Br)c1=O. The van der Waals surface area contributed by atoms with Crippen molar-refractivity contribution in [3.05, 3.63) is 50.9 Å². The monoisotopic (exact) mass is 376 g/mol. The van der Waals surface area contributed by atoms with E-state index < -0.39 is 0 Å². The summed E-state index contributed by atoms with van der Waals surface area (Å²) in [5.74, 6) is -0.0234. The van der Waals surface area contributed by atoms with E-state index in [4.69, 9.17) is 0 Å². The molecule has 0 saturated heterocycles. The lowest BCUT2D eigenvalue weighted by molar-refractivity contribution is -0.117. The molecule has 1 N–H and O–H groups in total. The lowest BCUT2D eigenvalue weighted by Crippen LogP contribution is -2.39. The zero-order chi connectivity index (χ0) is 16.4. The summed E-state index contributed by atoms with van der Waals surface area (Å²) in [6.07, 6.45) is 3.49. The molecule has 0 saturated carbocycles. The fraction of sp³-hybridized carbons (Fsp3) is 0.312. The molecule has 0 radical (unpaired) electrons. The molecule has 0 unspecified atom stereocenters. The highest BCUT2D eigenvalue weighted by atomic mass is 79.9. The van der Waals surface area contributed by atoms with Gasteiger partial charge in [0.2, 0.25) is 5.91 Å². The van der Waals surface area contributed by atoms with Gasteiger partial charge in [0.05, 0.1) is 18.4 Å². The van der Waals surface area contributed by atoms with Crippen LogP contribution < -0.4 is 15.8 Å². The number of amides is 1. The Hall–Kier alpha value is -2.15. The summed E-state index contributed by atoms with van der Waals surface area (Å²) in [5.41, 5.74) is 2.45. The molecule has 1 aromatic carbocycles. The summed E-state index contributed by atoms with van der Waals surface area (Å²) in [7, 11) is 1.58. The van der Waals surface area contributed by atoms with Crippen molar-refractivity contribution in [2.24, 2.45) is 7.05 Å². The van der Waals surface area contributed by atoms with Gasteiger partial charge in [-0.1, -0.05) is 18.2 Å². The van der Waals surface area contributed by atoms with Gasteiger partial charge >= 0.3 is 0 Å². The number of anilines is 2. The highest BCUT2D eigenvalue weighted by Crippen LogP contribution is 2.26. The predicted octanol–water partition coefficient (Wildman–Crippen LogP) is 1.93. The molecule has 2 heterocycles. The minimum Gasteiger partial charge on any atom is -0.374 e. The Balaban J connectivity index is 1.74. The zero-order valence-corrected chi connectivity index (χ0v) is 14.3. The van der Waals surface area contributed by atoms with Crippen molar-refractivity contribution in [1.82, 2.24) is 9.78 Å². The van der Waals surface area contributed by atoms with Crippen LogP contribution in [0.1, 0.15) is 12.0 Å². The topological polar surface area (TPSA) is 67.2 Å². The maximum Gasteiger partial charge on any atom is 0.282 e. The maximum absolute atomic E-state index is 12.5. The van der Waals surface area contributed by atoms with Crippen LogP contribution in [-0.4, -0.2) is 28.8 Å². The number of carbonyl (C=O) groups excluding carboxylic acids is 1. The highest BCUT2D eigenvalue weighted by molar-refractivity contribution is 9.10. The van der Waals surface area contributed by atoms with Gasteiger partial charge in [0, 0.05) is 19.3 Å². The van der Waals surface area contributed by atoms with Crippen molar-refractivity contribution in [2.75, 3.05) is 23.3 Å². The maximum atomic E-state index is 12.5. The molecule has 1 amide bonds. The number of hydrogen-bond acceptors (Lipinski definition) is 4. The second-order valence-corrected chi connectivity index (χ2v) is 6.23. The molecule has 1 aliphatic rings. The van der Waals surface area contributed by atoms with E-state index in [1.165, 1.54) is 16.4 Å². The normalized spacial score (nSPS) is 13.6. The predicted molar refractivity (Wildman–Crippen MR) is 92.8 cm³/mol. The average Bonchev–Trinajstić information content (AvgIpc) is 2.58. The van der Waals surface area contributed by atoms with Crippen molar-refractivity contribution < 1.29 is 4.79 Å². The quantitative estimate of drug-likeness (QED) is 0.888. The summed E-state index contributed by atoms with van der Waals surface area (Å²) in [6, 6.07) is 7.97. The molecule has 2 aromatic rings. The minimum absolute atomic E-state index is 0.0234. The van der Waals surface area contributed by atoms with Crippen molar-refractivity contribution >= 4 is 33.2 Å². The summed E-state index contributed by atoms with van der Waals surface area (Å²) in [4.78, 5) is 26.2. The van der Waals surface area contributed by atoms with E-state index in [1.807, 2.05) is 18.2 Å². The molecule has 0 aliphatic carbocycles. The molecule has 1 aliphatic heterocycles. The fourth-order valence-electron chi connectivity index (χ4n) is 2.69. The third-order valence-corrected chi connectivity index (χ3v) is 4.69. The second kappa shape index (κ2) is 6.54. The van der Waals surface area contributed by atoms with Crippen molar-refractivity contribution in [2.45, 2.75) is 12.8 Å². The standard InChI is InChI=1S/C16H17BrN4O2/c1-20-16(23)15(17)12(9-19-20)18-10-14(22)21-8-4-6-11-5-2-3-7-13(11)21/h2-3,5,7,9,18H,4,6,8,10H2,1H3. The van der Waals surface area contributed by atoms with E-state index in [-0.39, 0.29) is 18.0 Å². The van der Waals surface area contributed by atoms with Crippen molar-refractivity contribution in [3.63, 3.8) is 0 Å². The lowest BCUT2D eigenvalue weighted by atomic mass is 10.0. The highest BCUT2D eigenvalue weighted by Gasteiger charge is 2.22. The van der Waals surface area contributed by atoms with E-state index in [9.17, 15) is 9.59 Å². The molecule has 0 spiro atoms. The molecule has 3 rings (SSSR count). The Labute approximate surface area is 142 Å². The molecule has 6 nitrogen and oxygen atoms in total. The van der Waals surface area contributed by atoms with Crippen LogP contribution in [-0.2, 0) is 18.3 Å². The average molecular weight is 377 g/mol. The number of benzene rings is 1. The summed E-state index contributed by atoms with van der Waals surface area (Å²) >= 11 is 3.24. The minimum atomic E-state index is -0.245. The van der Waals surface area contributed by atoms with Gasteiger partial charge in [-0.3, -0.25) is 9.59 Å². The fourth-order valence-corrected chi connectivity index (χ4v) is 3.19. The molecule has 1 aromatic heterocycles. The lowest BCUT2D eigenvalue weighted by Gasteiger charge is -2.29. The number of aromatic nitrogens is 2. The van der Waals surface area contributed by atoms with Crippen LogP contribution in [0.2, 0.25) is 0 Å². The van der Waals surface area contributed by atoms with Gasteiger partial charge in [0.15, 0.2) is 0 Å². The first-order valence-corrected chi connectivity index (χ1v) is 8.21. The Morgan fingerprint density at radius 1 is 1.39 bits per heavy atom. The first-order valence-electron chi connectivity index (χ1n) is 7.42. The van der Waals surface area contributed by atoms with E-state index in [0.717, 1.165) is 18.5 Å². The molecule has 0 fully saturated rings. The molecule has 7 heteroatoms. The number of aryl methyl sites for hydroxylation is 2. The van der Waals surface area contributed by atoms with Crippen LogP contribution in [0.5, 0.6) is 0 Å². The van der Waals surface area contributed by atoms with E-state index in [0.29, 0.717) is 16.7 Å². The van der Waals surface area contributed by atoms with Crippen LogP contribution in [0.3, 0.4) is 0 Å². The molecular formula is C16H17BrN4O2. The first kappa shape index (κ1) is 15.7. The third-order valence-electron chi connectivity index (χ3n) is 3.92. The van der Waals surface area contributed by atoms with Gasteiger partial charge in [-0.05, 0) is 40.4 Å². The van der Waals surface area contributed by atoms with Crippen LogP contribution in [0.15, 0.2) is 39.7 Å². The van der Waals surface area contributed by atoms with E-state index in [2.05, 4.69) is 32.4 Å². The van der Waals surface area contributed by atoms with Gasteiger partial charge < -0.3 is 10.2 Å². The van der Waals surface area contributed by atoms with Gasteiger partial charge in [0.25, 0.3) is 5.56 Å². The molecule has 23 heavy (non-hydrogen) atoms. The van der Waals surface area contributed by atoms with E-state index >= 15 is 0 Å². The Morgan fingerprint density at radius 3 is 3.00 bits per heavy atom. The number of nitrogens with zero attached hydrogens (tertiary/aromatic N) is 3. The summed E-state index contributed by atoms with van der Waals surface area (Å²) < 4.78 is 1.61. The number of nitrogens with one attached hydrogen (secondary N) is 1. The largest absolute Gasteiger partial charge is 0.374 e. The number of para-hydroxylation sites is 1. The van der Waals surface area contributed by atoms with Gasteiger partial charge in [0.1, 0.15) is 4.47 Å². The molecular weight excluding hydrogens is 360 g/mol.